The van der Waals surface area contributed by atoms with E-state index >= 15 is 0 Å². The summed E-state index contributed by atoms with van der Waals surface area (Å²) < 4.78 is 6.21. The molecule has 1 saturated heterocycles. The molecule has 0 aromatic carbocycles. The Hall–Kier alpha value is -0.120. The maximum absolute atomic E-state index is 6.48. The molecular weight excluding hydrogens is 248 g/mol. The lowest BCUT2D eigenvalue weighted by Crippen LogP contribution is -2.49. The lowest BCUT2D eigenvalue weighted by atomic mass is 9.81. The number of hydrogen-bond acceptors (Lipinski definition) is 3. The molecule has 0 aromatic heterocycles. The molecule has 1 aliphatic carbocycles. The summed E-state index contributed by atoms with van der Waals surface area (Å²) in [5.74, 6) is 1.31. The number of hydrogen-bond donors (Lipinski definition) is 1. The fraction of sp³-hybridized carbons (Fsp3) is 1.00. The summed E-state index contributed by atoms with van der Waals surface area (Å²) in [6, 6.07) is 0.848. The van der Waals surface area contributed by atoms with Crippen LogP contribution in [0.5, 0.6) is 0 Å². The first-order chi connectivity index (χ1) is 9.13. The lowest BCUT2D eigenvalue weighted by molar-refractivity contribution is -0.0789. The van der Waals surface area contributed by atoms with Crippen LogP contribution in [0.15, 0.2) is 0 Å². The van der Waals surface area contributed by atoms with Gasteiger partial charge in [0.25, 0.3) is 0 Å². The van der Waals surface area contributed by atoms with E-state index in [-0.39, 0.29) is 17.2 Å². The Balaban J connectivity index is 1.98. The molecule has 2 aliphatic rings. The molecule has 0 bridgehead atoms. The molecule has 20 heavy (non-hydrogen) atoms. The number of ether oxygens (including phenoxy) is 1. The second-order valence-electron chi connectivity index (χ2n) is 8.29. The van der Waals surface area contributed by atoms with E-state index in [4.69, 9.17) is 10.5 Å². The van der Waals surface area contributed by atoms with Crippen molar-refractivity contribution in [3.05, 3.63) is 0 Å². The van der Waals surface area contributed by atoms with E-state index in [1.165, 1.54) is 25.7 Å². The van der Waals surface area contributed by atoms with E-state index < -0.39 is 0 Å². The van der Waals surface area contributed by atoms with E-state index in [0.717, 1.165) is 18.5 Å². The number of nitrogens with two attached hydrogens (primary N) is 1. The maximum Gasteiger partial charge on any atom is 0.0788 e. The first-order valence-corrected chi connectivity index (χ1v) is 8.29. The highest BCUT2D eigenvalue weighted by molar-refractivity contribution is 5.04. The van der Waals surface area contributed by atoms with Crippen molar-refractivity contribution in [1.29, 1.82) is 0 Å². The quantitative estimate of drug-likeness (QED) is 0.864. The smallest absolute Gasteiger partial charge is 0.0788 e. The third kappa shape index (κ3) is 3.20. The molecule has 2 atom stereocenters. The van der Waals surface area contributed by atoms with E-state index in [0.29, 0.717) is 5.92 Å². The van der Waals surface area contributed by atoms with Crippen molar-refractivity contribution in [1.82, 2.24) is 4.90 Å². The van der Waals surface area contributed by atoms with Gasteiger partial charge < -0.3 is 15.4 Å². The van der Waals surface area contributed by atoms with E-state index in [1.54, 1.807) is 0 Å². The molecular formula is C17H34N2O. The topological polar surface area (TPSA) is 38.5 Å². The second kappa shape index (κ2) is 5.58. The molecule has 0 spiro atoms. The van der Waals surface area contributed by atoms with Gasteiger partial charge in [-0.2, -0.15) is 0 Å². The van der Waals surface area contributed by atoms with Crippen LogP contribution in [0.4, 0.5) is 0 Å². The average molecular weight is 282 g/mol. The molecule has 1 heterocycles. The Bertz CT molecular complexity index is 332. The molecule has 2 N–H and O–H groups in total. The van der Waals surface area contributed by atoms with Gasteiger partial charge in [0.15, 0.2) is 0 Å². The zero-order valence-electron chi connectivity index (χ0n) is 14.3. The number of nitrogens with zero attached hydrogens (tertiary/aromatic N) is 1. The zero-order chi connectivity index (χ0) is 15.1. The first kappa shape index (κ1) is 16.3. The normalized spacial score (nSPS) is 40.2. The van der Waals surface area contributed by atoms with Gasteiger partial charge in [-0.05, 0) is 66.3 Å². The minimum atomic E-state index is -0.212. The first-order valence-electron chi connectivity index (χ1n) is 8.29. The van der Waals surface area contributed by atoms with Gasteiger partial charge in [-0.1, -0.05) is 6.92 Å². The summed E-state index contributed by atoms with van der Waals surface area (Å²) in [7, 11) is 2.27. The molecule has 1 aliphatic heterocycles. The Morgan fingerprint density at radius 1 is 1.05 bits per heavy atom. The maximum atomic E-state index is 6.48. The molecule has 0 aromatic rings. The van der Waals surface area contributed by atoms with Crippen LogP contribution in [0, 0.1) is 11.8 Å². The van der Waals surface area contributed by atoms with Crippen molar-refractivity contribution < 1.29 is 4.74 Å². The number of rotatable bonds is 3. The van der Waals surface area contributed by atoms with Crippen molar-refractivity contribution in [3.63, 3.8) is 0 Å². The lowest BCUT2D eigenvalue weighted by Gasteiger charge is -2.38. The van der Waals surface area contributed by atoms with Gasteiger partial charge >= 0.3 is 0 Å². The summed E-state index contributed by atoms with van der Waals surface area (Å²) in [6.07, 6.45) is 5.42. The predicted molar refractivity (Wildman–Crippen MR) is 84.8 cm³/mol. The summed E-state index contributed by atoms with van der Waals surface area (Å²) in [5.41, 5.74) is 6.14. The third-order valence-corrected chi connectivity index (χ3v) is 5.75. The van der Waals surface area contributed by atoms with Gasteiger partial charge in [0.2, 0.25) is 0 Å². The second-order valence-corrected chi connectivity index (χ2v) is 8.29. The fourth-order valence-corrected chi connectivity index (χ4v) is 4.21. The Labute approximate surface area is 125 Å². The van der Waals surface area contributed by atoms with E-state index in [1.807, 2.05) is 0 Å². The van der Waals surface area contributed by atoms with Crippen LogP contribution in [0.25, 0.3) is 0 Å². The molecule has 0 amide bonds. The SMILES string of the molecule is CC1CCC(N(C)CC2C(N)C(C)(C)OC2(C)C)CC1. The minimum Gasteiger partial charge on any atom is -0.368 e. The van der Waals surface area contributed by atoms with Gasteiger partial charge in [0.1, 0.15) is 0 Å². The zero-order valence-corrected chi connectivity index (χ0v) is 14.3. The van der Waals surface area contributed by atoms with Crippen molar-refractivity contribution in [2.75, 3.05) is 13.6 Å². The van der Waals surface area contributed by atoms with Crippen LogP contribution in [0.1, 0.15) is 60.3 Å². The minimum absolute atomic E-state index is 0.113. The molecule has 2 unspecified atom stereocenters. The van der Waals surface area contributed by atoms with Gasteiger partial charge in [0.05, 0.1) is 11.2 Å². The largest absolute Gasteiger partial charge is 0.368 e. The Morgan fingerprint density at radius 3 is 2.05 bits per heavy atom. The molecule has 0 radical (unpaired) electrons. The van der Waals surface area contributed by atoms with Gasteiger partial charge in [-0.25, -0.2) is 0 Å². The van der Waals surface area contributed by atoms with E-state index in [9.17, 15) is 0 Å². The monoisotopic (exact) mass is 282 g/mol. The standard InChI is InChI=1S/C17H34N2O/c1-12-7-9-13(10-8-12)19(6)11-14-15(18)17(4,5)20-16(14,2)3/h12-15H,7-11,18H2,1-6H3. The van der Waals surface area contributed by atoms with Crippen molar-refractivity contribution >= 4 is 0 Å². The highest BCUT2D eigenvalue weighted by atomic mass is 16.5. The molecule has 1 saturated carbocycles. The van der Waals surface area contributed by atoms with Crippen LogP contribution in [0.2, 0.25) is 0 Å². The highest BCUT2D eigenvalue weighted by Crippen LogP contribution is 2.42. The van der Waals surface area contributed by atoms with Crippen molar-refractivity contribution in [2.45, 2.75) is 83.6 Å². The molecule has 2 rings (SSSR count). The summed E-state index contributed by atoms with van der Waals surface area (Å²) >= 11 is 0. The van der Waals surface area contributed by atoms with Crippen LogP contribution in [0.3, 0.4) is 0 Å². The summed E-state index contributed by atoms with van der Waals surface area (Å²) in [4.78, 5) is 2.54. The van der Waals surface area contributed by atoms with Crippen LogP contribution < -0.4 is 5.73 Å². The third-order valence-electron chi connectivity index (χ3n) is 5.75. The van der Waals surface area contributed by atoms with Gasteiger partial charge in [0, 0.05) is 24.5 Å². The Kier molecular flexibility index (Phi) is 4.54. The predicted octanol–water partition coefficient (Wildman–Crippen LogP) is 3.03. The fourth-order valence-electron chi connectivity index (χ4n) is 4.21. The van der Waals surface area contributed by atoms with Crippen molar-refractivity contribution in [3.8, 4) is 0 Å². The van der Waals surface area contributed by atoms with Crippen LogP contribution >= 0.6 is 0 Å². The molecule has 3 nitrogen and oxygen atoms in total. The van der Waals surface area contributed by atoms with Gasteiger partial charge in [-0.3, -0.25) is 0 Å². The average Bonchev–Trinajstić information content (AvgIpc) is 2.48. The summed E-state index contributed by atoms with van der Waals surface area (Å²) in [6.45, 7) is 12.1. The highest BCUT2D eigenvalue weighted by Gasteiger charge is 2.52. The Morgan fingerprint density at radius 2 is 1.60 bits per heavy atom. The van der Waals surface area contributed by atoms with Crippen LogP contribution in [-0.2, 0) is 4.74 Å². The molecule has 2 fully saturated rings. The molecule has 3 heteroatoms. The van der Waals surface area contributed by atoms with Crippen molar-refractivity contribution in [2.24, 2.45) is 17.6 Å². The summed E-state index contributed by atoms with van der Waals surface area (Å²) in [5, 5.41) is 0. The molecule has 118 valence electrons. The van der Waals surface area contributed by atoms with Crippen LogP contribution in [-0.4, -0.2) is 41.8 Å². The van der Waals surface area contributed by atoms with E-state index in [2.05, 4.69) is 46.6 Å². The van der Waals surface area contributed by atoms with Gasteiger partial charge in [-0.15, -0.1) is 0 Å².